The predicted molar refractivity (Wildman–Crippen MR) is 78.6 cm³/mol. The number of aromatic nitrogens is 2. The van der Waals surface area contributed by atoms with Gasteiger partial charge in [-0.3, -0.25) is 0 Å². The Hall–Kier alpha value is -0.900. The van der Waals surface area contributed by atoms with Crippen molar-refractivity contribution in [2.45, 2.75) is 44.9 Å². The molecule has 1 fully saturated rings. The number of halogens is 2. The molecule has 2 aromatic rings. The van der Waals surface area contributed by atoms with Crippen LogP contribution in [0.25, 0.3) is 11.0 Å². The molecule has 3 rings (SSSR count). The fourth-order valence-corrected chi connectivity index (χ4v) is 3.33. The maximum absolute atomic E-state index is 13.5. The molecule has 1 heterocycles. The van der Waals surface area contributed by atoms with Gasteiger partial charge in [-0.25, -0.2) is 9.37 Å². The zero-order valence-corrected chi connectivity index (χ0v) is 12.5. The van der Waals surface area contributed by atoms with Crippen molar-refractivity contribution in [2.75, 3.05) is 0 Å². The van der Waals surface area contributed by atoms with Gasteiger partial charge in [-0.15, -0.1) is 0 Å². The molecule has 1 saturated carbocycles. The van der Waals surface area contributed by atoms with Gasteiger partial charge in [0.05, 0.1) is 15.5 Å². The molecule has 0 amide bonds. The summed E-state index contributed by atoms with van der Waals surface area (Å²) in [5.41, 5.74) is 1.64. The third-order valence-corrected chi connectivity index (χ3v) is 4.64. The Morgan fingerprint density at radius 1 is 1.21 bits per heavy atom. The largest absolute Gasteiger partial charge is 0.342 e. The van der Waals surface area contributed by atoms with Crippen LogP contribution in [0.4, 0.5) is 4.39 Å². The number of nitrogens with one attached hydrogen (secondary N) is 1. The minimum Gasteiger partial charge on any atom is -0.342 e. The Labute approximate surface area is 120 Å². The summed E-state index contributed by atoms with van der Waals surface area (Å²) in [7, 11) is 0. The molecule has 0 radical (unpaired) electrons. The fourth-order valence-electron chi connectivity index (χ4n) is 3.00. The summed E-state index contributed by atoms with van der Waals surface area (Å²) in [4.78, 5) is 7.85. The lowest BCUT2D eigenvalue weighted by molar-refractivity contribution is 0.450. The highest BCUT2D eigenvalue weighted by Crippen LogP contribution is 2.27. The van der Waals surface area contributed by atoms with Gasteiger partial charge in [0.1, 0.15) is 11.6 Å². The molecule has 0 aliphatic heterocycles. The molecule has 4 heteroatoms. The van der Waals surface area contributed by atoms with Gasteiger partial charge in [-0.05, 0) is 27.9 Å². The van der Waals surface area contributed by atoms with Crippen molar-refractivity contribution >= 4 is 27.0 Å². The summed E-state index contributed by atoms with van der Waals surface area (Å²) in [6, 6.07) is 3.26. The SMILES string of the molecule is Fc1cc2[nH]c(CC3CCCCCC3)nc2cc1Br. The highest BCUT2D eigenvalue weighted by atomic mass is 79.9. The van der Waals surface area contributed by atoms with Crippen molar-refractivity contribution in [3.63, 3.8) is 0 Å². The molecule has 1 aliphatic carbocycles. The van der Waals surface area contributed by atoms with Gasteiger partial charge in [-0.2, -0.15) is 0 Å². The minimum atomic E-state index is -0.239. The molecule has 0 atom stereocenters. The first-order chi connectivity index (χ1) is 9.22. The lowest BCUT2D eigenvalue weighted by Gasteiger charge is -2.11. The van der Waals surface area contributed by atoms with Gasteiger partial charge in [0.2, 0.25) is 0 Å². The molecule has 1 aromatic heterocycles. The third kappa shape index (κ3) is 2.99. The minimum absolute atomic E-state index is 0.239. The zero-order valence-electron chi connectivity index (χ0n) is 10.9. The van der Waals surface area contributed by atoms with E-state index in [1.54, 1.807) is 6.07 Å². The summed E-state index contributed by atoms with van der Waals surface area (Å²) in [5.74, 6) is 1.49. The molecule has 19 heavy (non-hydrogen) atoms. The van der Waals surface area contributed by atoms with Gasteiger partial charge in [-0.1, -0.05) is 38.5 Å². The second-order valence-corrected chi connectivity index (χ2v) is 6.38. The number of hydrogen-bond acceptors (Lipinski definition) is 1. The van der Waals surface area contributed by atoms with Crippen LogP contribution in [0.3, 0.4) is 0 Å². The number of H-pyrrole nitrogens is 1. The highest BCUT2D eigenvalue weighted by molar-refractivity contribution is 9.10. The smallest absolute Gasteiger partial charge is 0.139 e. The first-order valence-corrected chi connectivity index (χ1v) is 7.85. The zero-order chi connectivity index (χ0) is 13.2. The number of rotatable bonds is 2. The van der Waals surface area contributed by atoms with E-state index in [1.807, 2.05) is 0 Å². The van der Waals surface area contributed by atoms with Gasteiger partial charge < -0.3 is 4.98 Å². The first kappa shape index (κ1) is 13.1. The van der Waals surface area contributed by atoms with E-state index in [-0.39, 0.29) is 5.82 Å². The summed E-state index contributed by atoms with van der Waals surface area (Å²) in [5, 5.41) is 0. The van der Waals surface area contributed by atoms with E-state index in [0.717, 1.165) is 29.2 Å². The number of fused-ring (bicyclic) bond motifs is 1. The molecule has 0 spiro atoms. The van der Waals surface area contributed by atoms with Crippen molar-refractivity contribution in [3.05, 3.63) is 28.2 Å². The Bertz CT molecular complexity index is 532. The Morgan fingerprint density at radius 2 is 1.95 bits per heavy atom. The molecule has 1 aliphatic rings. The van der Waals surface area contributed by atoms with Crippen LogP contribution < -0.4 is 0 Å². The Morgan fingerprint density at radius 3 is 2.68 bits per heavy atom. The Kier molecular flexibility index (Phi) is 3.87. The van der Waals surface area contributed by atoms with Crippen molar-refractivity contribution < 1.29 is 4.39 Å². The number of nitrogens with zero attached hydrogens (tertiary/aromatic N) is 1. The van der Waals surface area contributed by atoms with Gasteiger partial charge >= 0.3 is 0 Å². The molecule has 102 valence electrons. The molecular formula is C15H18BrFN2. The van der Waals surface area contributed by atoms with Gasteiger partial charge in [0, 0.05) is 12.5 Å². The van der Waals surface area contributed by atoms with E-state index in [4.69, 9.17) is 0 Å². The first-order valence-electron chi connectivity index (χ1n) is 7.06. The maximum Gasteiger partial charge on any atom is 0.139 e. The van der Waals surface area contributed by atoms with Crippen LogP contribution in [0.5, 0.6) is 0 Å². The molecule has 2 nitrogen and oxygen atoms in total. The average molecular weight is 325 g/mol. The normalized spacial score (nSPS) is 17.8. The van der Waals surface area contributed by atoms with Crippen molar-refractivity contribution in [2.24, 2.45) is 5.92 Å². The fraction of sp³-hybridized carbons (Fsp3) is 0.533. The lowest BCUT2D eigenvalue weighted by atomic mass is 9.96. The summed E-state index contributed by atoms with van der Waals surface area (Å²) in [6.07, 6.45) is 9.01. The van der Waals surface area contributed by atoms with Crippen LogP contribution in [0, 0.1) is 11.7 Å². The Balaban J connectivity index is 1.80. The second kappa shape index (κ2) is 5.61. The molecule has 1 aromatic carbocycles. The van der Waals surface area contributed by atoms with Crippen molar-refractivity contribution in [1.82, 2.24) is 9.97 Å². The molecular weight excluding hydrogens is 307 g/mol. The molecule has 0 saturated heterocycles. The topological polar surface area (TPSA) is 28.7 Å². The van der Waals surface area contributed by atoms with E-state index in [9.17, 15) is 4.39 Å². The van der Waals surface area contributed by atoms with Gasteiger partial charge in [0.25, 0.3) is 0 Å². The number of imidazole rings is 1. The molecule has 1 N–H and O–H groups in total. The predicted octanol–water partition coefficient (Wildman–Crippen LogP) is 4.98. The van der Waals surface area contributed by atoms with Crippen LogP contribution >= 0.6 is 15.9 Å². The number of hydrogen-bond donors (Lipinski definition) is 1. The van der Waals surface area contributed by atoms with E-state index in [1.165, 1.54) is 44.6 Å². The van der Waals surface area contributed by atoms with Crippen LogP contribution in [0.15, 0.2) is 16.6 Å². The van der Waals surface area contributed by atoms with E-state index < -0.39 is 0 Å². The summed E-state index contributed by atoms with van der Waals surface area (Å²) < 4.78 is 14.0. The lowest BCUT2D eigenvalue weighted by Crippen LogP contribution is -2.04. The quantitative estimate of drug-likeness (QED) is 0.775. The van der Waals surface area contributed by atoms with Crippen molar-refractivity contribution in [1.29, 1.82) is 0 Å². The van der Waals surface area contributed by atoms with Crippen LogP contribution in [-0.2, 0) is 6.42 Å². The summed E-state index contributed by atoms with van der Waals surface area (Å²) >= 11 is 3.21. The third-order valence-electron chi connectivity index (χ3n) is 4.03. The molecule has 0 bridgehead atoms. The maximum atomic E-state index is 13.5. The number of aromatic amines is 1. The van der Waals surface area contributed by atoms with Crippen LogP contribution in [0.2, 0.25) is 0 Å². The van der Waals surface area contributed by atoms with Crippen molar-refractivity contribution in [3.8, 4) is 0 Å². The average Bonchev–Trinajstić information content (AvgIpc) is 2.60. The standard InChI is InChI=1S/C15H18BrFN2/c16-11-8-13-14(9-12(11)17)19-15(18-13)7-10-5-3-1-2-4-6-10/h8-10H,1-7H2,(H,18,19). The monoisotopic (exact) mass is 324 g/mol. The van der Waals surface area contributed by atoms with E-state index in [0.29, 0.717) is 4.47 Å². The van der Waals surface area contributed by atoms with Crippen LogP contribution in [0.1, 0.15) is 44.3 Å². The summed E-state index contributed by atoms with van der Waals surface area (Å²) in [6.45, 7) is 0. The van der Waals surface area contributed by atoms with Crippen LogP contribution in [-0.4, -0.2) is 9.97 Å². The van der Waals surface area contributed by atoms with E-state index in [2.05, 4.69) is 25.9 Å². The molecule has 0 unspecified atom stereocenters. The highest BCUT2D eigenvalue weighted by Gasteiger charge is 2.15. The van der Waals surface area contributed by atoms with Gasteiger partial charge in [0.15, 0.2) is 0 Å². The number of benzene rings is 1. The second-order valence-electron chi connectivity index (χ2n) is 5.53. The van der Waals surface area contributed by atoms with E-state index >= 15 is 0 Å².